The lowest BCUT2D eigenvalue weighted by atomic mass is 10.3. The molecule has 2 rings (SSSR count). The molecule has 78 valence electrons. The molecule has 2 aromatic rings. The molecule has 0 saturated carbocycles. The Kier molecular flexibility index (Phi) is 3.50. The lowest BCUT2D eigenvalue weighted by molar-refractivity contribution is 1.25. The second kappa shape index (κ2) is 5.50. The molecule has 16 heavy (non-hydrogen) atoms. The van der Waals surface area contributed by atoms with Crippen molar-refractivity contribution in [2.45, 2.75) is 0 Å². The number of nitrogens with zero attached hydrogens (tertiary/aromatic N) is 4. The standard InChI is InChI=1S/C12H10N4/c1-3-11(7-13-5-1)9-15-16-10-12-4-2-6-14-8-12/h1-10H/b15-9+,16-10?. The van der Waals surface area contributed by atoms with E-state index in [1.807, 2.05) is 24.3 Å². The molecule has 2 aromatic heterocycles. The maximum Gasteiger partial charge on any atom is 0.0583 e. The van der Waals surface area contributed by atoms with Crippen LogP contribution in [0.3, 0.4) is 0 Å². The van der Waals surface area contributed by atoms with Gasteiger partial charge >= 0.3 is 0 Å². The second-order valence-electron chi connectivity index (χ2n) is 3.06. The zero-order valence-electron chi connectivity index (χ0n) is 8.56. The fraction of sp³-hybridized carbons (Fsp3) is 0. The van der Waals surface area contributed by atoms with Gasteiger partial charge in [0.05, 0.1) is 12.4 Å². The topological polar surface area (TPSA) is 50.5 Å². The normalized spacial score (nSPS) is 11.2. The Balaban J connectivity index is 1.98. The molecule has 0 aliphatic rings. The van der Waals surface area contributed by atoms with Crippen molar-refractivity contribution in [3.63, 3.8) is 0 Å². The van der Waals surface area contributed by atoms with E-state index in [-0.39, 0.29) is 0 Å². The number of rotatable bonds is 3. The molecule has 0 unspecified atom stereocenters. The van der Waals surface area contributed by atoms with Crippen molar-refractivity contribution >= 4 is 12.4 Å². The summed E-state index contributed by atoms with van der Waals surface area (Å²) in [6, 6.07) is 7.53. The van der Waals surface area contributed by atoms with Gasteiger partial charge in [-0.25, -0.2) is 0 Å². The molecule has 0 amide bonds. The molecule has 0 spiro atoms. The van der Waals surface area contributed by atoms with Crippen LogP contribution in [0.5, 0.6) is 0 Å². The summed E-state index contributed by atoms with van der Waals surface area (Å²) in [5, 5.41) is 7.83. The molecule has 0 atom stereocenters. The van der Waals surface area contributed by atoms with Crippen LogP contribution in [-0.2, 0) is 0 Å². The highest BCUT2D eigenvalue weighted by atomic mass is 15.2. The summed E-state index contributed by atoms with van der Waals surface area (Å²) in [7, 11) is 0. The number of aromatic nitrogens is 2. The Labute approximate surface area is 93.4 Å². The van der Waals surface area contributed by atoms with Crippen molar-refractivity contribution < 1.29 is 0 Å². The lowest BCUT2D eigenvalue weighted by Crippen LogP contribution is -1.82. The molecule has 0 aliphatic heterocycles. The van der Waals surface area contributed by atoms with Gasteiger partial charge in [-0.15, -0.1) is 0 Å². The van der Waals surface area contributed by atoms with E-state index < -0.39 is 0 Å². The molecule has 0 fully saturated rings. The lowest BCUT2D eigenvalue weighted by Gasteiger charge is -1.88. The molecular weight excluding hydrogens is 200 g/mol. The summed E-state index contributed by atoms with van der Waals surface area (Å²) < 4.78 is 0. The molecule has 0 aliphatic carbocycles. The summed E-state index contributed by atoms with van der Waals surface area (Å²) in [4.78, 5) is 7.94. The Bertz CT molecular complexity index is 429. The van der Waals surface area contributed by atoms with Crippen LogP contribution in [-0.4, -0.2) is 22.4 Å². The predicted molar refractivity (Wildman–Crippen MR) is 63.7 cm³/mol. The first-order valence-corrected chi connectivity index (χ1v) is 4.81. The Morgan fingerprint density at radius 1 is 0.812 bits per heavy atom. The van der Waals surface area contributed by atoms with Crippen LogP contribution >= 0.6 is 0 Å². The molecule has 0 saturated heterocycles. The van der Waals surface area contributed by atoms with Crippen LogP contribution in [0.15, 0.2) is 59.3 Å². The molecule has 2 heterocycles. The van der Waals surface area contributed by atoms with Gasteiger partial charge in [-0.2, -0.15) is 10.2 Å². The van der Waals surface area contributed by atoms with Gasteiger partial charge in [0.25, 0.3) is 0 Å². The zero-order valence-corrected chi connectivity index (χ0v) is 8.56. The van der Waals surface area contributed by atoms with Crippen LogP contribution in [0.2, 0.25) is 0 Å². The number of hydrogen-bond acceptors (Lipinski definition) is 4. The predicted octanol–water partition coefficient (Wildman–Crippen LogP) is 1.93. The van der Waals surface area contributed by atoms with Gasteiger partial charge in [0.15, 0.2) is 0 Å². The van der Waals surface area contributed by atoms with E-state index in [4.69, 9.17) is 0 Å². The average molecular weight is 210 g/mol. The van der Waals surface area contributed by atoms with Crippen LogP contribution in [0.4, 0.5) is 0 Å². The third-order valence-corrected chi connectivity index (χ3v) is 1.85. The maximum absolute atomic E-state index is 3.97. The summed E-state index contributed by atoms with van der Waals surface area (Å²) in [6.45, 7) is 0. The van der Waals surface area contributed by atoms with Gasteiger partial charge < -0.3 is 0 Å². The fourth-order valence-corrected chi connectivity index (χ4v) is 1.10. The minimum Gasteiger partial charge on any atom is -0.264 e. The minimum atomic E-state index is 0.922. The van der Waals surface area contributed by atoms with E-state index in [2.05, 4.69) is 20.2 Å². The third kappa shape index (κ3) is 3.09. The van der Waals surface area contributed by atoms with Crippen LogP contribution in [0.25, 0.3) is 0 Å². The van der Waals surface area contributed by atoms with E-state index in [0.29, 0.717) is 0 Å². The SMILES string of the molecule is C(=N/N=C/c1cccnc1)c1cccnc1. The maximum atomic E-state index is 3.97. The van der Waals surface area contributed by atoms with E-state index in [9.17, 15) is 0 Å². The highest BCUT2D eigenvalue weighted by Crippen LogP contribution is 1.92. The minimum absolute atomic E-state index is 0.922. The van der Waals surface area contributed by atoms with Crippen LogP contribution < -0.4 is 0 Å². The van der Waals surface area contributed by atoms with Gasteiger partial charge in [-0.1, -0.05) is 12.1 Å². The Morgan fingerprint density at radius 2 is 1.31 bits per heavy atom. The first kappa shape index (κ1) is 10.2. The first-order chi connectivity index (χ1) is 7.95. The summed E-state index contributed by atoms with van der Waals surface area (Å²) in [6.07, 6.45) is 10.2. The summed E-state index contributed by atoms with van der Waals surface area (Å²) in [5.41, 5.74) is 1.84. The molecule has 4 nitrogen and oxygen atoms in total. The van der Waals surface area contributed by atoms with Crippen molar-refractivity contribution in [2.24, 2.45) is 10.2 Å². The summed E-state index contributed by atoms with van der Waals surface area (Å²) >= 11 is 0. The Morgan fingerprint density at radius 3 is 1.69 bits per heavy atom. The number of hydrogen-bond donors (Lipinski definition) is 0. The van der Waals surface area contributed by atoms with Crippen LogP contribution in [0.1, 0.15) is 11.1 Å². The number of pyridine rings is 2. The molecular formula is C12H10N4. The third-order valence-electron chi connectivity index (χ3n) is 1.85. The average Bonchev–Trinajstić information content (AvgIpc) is 2.37. The largest absolute Gasteiger partial charge is 0.264 e. The highest BCUT2D eigenvalue weighted by Gasteiger charge is 1.84. The summed E-state index contributed by atoms with van der Waals surface area (Å²) in [5.74, 6) is 0. The highest BCUT2D eigenvalue weighted by molar-refractivity contribution is 5.82. The van der Waals surface area contributed by atoms with E-state index in [1.54, 1.807) is 37.2 Å². The van der Waals surface area contributed by atoms with Crippen molar-refractivity contribution in [1.82, 2.24) is 9.97 Å². The smallest absolute Gasteiger partial charge is 0.0583 e. The van der Waals surface area contributed by atoms with Gasteiger partial charge in [0, 0.05) is 35.9 Å². The van der Waals surface area contributed by atoms with E-state index in [1.165, 1.54) is 0 Å². The van der Waals surface area contributed by atoms with E-state index in [0.717, 1.165) is 11.1 Å². The molecule has 4 heteroatoms. The van der Waals surface area contributed by atoms with Crippen molar-refractivity contribution in [3.05, 3.63) is 60.2 Å². The van der Waals surface area contributed by atoms with Gasteiger partial charge in [-0.05, 0) is 12.1 Å². The molecule has 0 N–H and O–H groups in total. The van der Waals surface area contributed by atoms with Crippen molar-refractivity contribution in [2.75, 3.05) is 0 Å². The Hall–Kier alpha value is -2.36. The van der Waals surface area contributed by atoms with Crippen molar-refractivity contribution in [1.29, 1.82) is 0 Å². The van der Waals surface area contributed by atoms with Crippen LogP contribution in [0, 0.1) is 0 Å². The van der Waals surface area contributed by atoms with Crippen molar-refractivity contribution in [3.8, 4) is 0 Å². The zero-order chi connectivity index (χ0) is 11.1. The fourth-order valence-electron chi connectivity index (χ4n) is 1.10. The quantitative estimate of drug-likeness (QED) is 0.574. The monoisotopic (exact) mass is 210 g/mol. The molecule has 0 bridgehead atoms. The van der Waals surface area contributed by atoms with Gasteiger partial charge in [0.1, 0.15) is 0 Å². The van der Waals surface area contributed by atoms with Gasteiger partial charge in [-0.3, -0.25) is 9.97 Å². The van der Waals surface area contributed by atoms with Gasteiger partial charge in [0.2, 0.25) is 0 Å². The molecule has 0 radical (unpaired) electrons. The molecule has 0 aromatic carbocycles. The first-order valence-electron chi connectivity index (χ1n) is 4.81. The second-order valence-corrected chi connectivity index (χ2v) is 3.06. The van der Waals surface area contributed by atoms with E-state index >= 15 is 0 Å².